The number of aromatic nitrogens is 4. The largest absolute Gasteiger partial charge is 0.494 e. The zero-order chi connectivity index (χ0) is 22.5. The number of anilines is 2. The molecule has 0 aliphatic carbocycles. The SMILES string of the molecule is CCOc1nn(Cc2ccccc2)c(=O)cc1Nc1ccc(-n2cnc(C)c2)c(OC)c1. The van der Waals surface area contributed by atoms with Gasteiger partial charge in [0.25, 0.3) is 11.4 Å². The molecule has 0 amide bonds. The van der Waals surface area contributed by atoms with Crippen molar-refractivity contribution >= 4 is 11.4 Å². The minimum atomic E-state index is -0.225. The van der Waals surface area contributed by atoms with E-state index in [1.807, 2.05) is 73.1 Å². The van der Waals surface area contributed by atoms with E-state index in [-0.39, 0.29) is 5.56 Å². The molecule has 0 spiro atoms. The van der Waals surface area contributed by atoms with Gasteiger partial charge in [-0.1, -0.05) is 30.3 Å². The second-order valence-corrected chi connectivity index (χ2v) is 7.21. The molecule has 0 atom stereocenters. The molecule has 8 heteroatoms. The van der Waals surface area contributed by atoms with Crippen molar-refractivity contribution in [2.75, 3.05) is 19.0 Å². The van der Waals surface area contributed by atoms with Gasteiger partial charge in [0.1, 0.15) is 11.4 Å². The minimum absolute atomic E-state index is 0.225. The predicted molar refractivity (Wildman–Crippen MR) is 123 cm³/mol. The summed E-state index contributed by atoms with van der Waals surface area (Å²) in [6.45, 7) is 4.60. The Kier molecular flexibility index (Phi) is 6.21. The van der Waals surface area contributed by atoms with Crippen molar-refractivity contribution in [3.05, 3.63) is 88.7 Å². The van der Waals surface area contributed by atoms with E-state index in [1.54, 1.807) is 13.4 Å². The highest BCUT2D eigenvalue weighted by atomic mass is 16.5. The fourth-order valence-electron chi connectivity index (χ4n) is 3.35. The lowest BCUT2D eigenvalue weighted by atomic mass is 10.2. The average molecular weight is 431 g/mol. The number of nitrogens with zero attached hydrogens (tertiary/aromatic N) is 4. The molecule has 0 fully saturated rings. The van der Waals surface area contributed by atoms with E-state index < -0.39 is 0 Å². The Labute approximate surface area is 186 Å². The van der Waals surface area contributed by atoms with Crippen molar-refractivity contribution in [3.8, 4) is 17.3 Å². The first kappa shape index (κ1) is 21.2. The highest BCUT2D eigenvalue weighted by Crippen LogP contribution is 2.30. The molecular formula is C24H25N5O3. The molecule has 1 N–H and O–H groups in total. The summed E-state index contributed by atoms with van der Waals surface area (Å²) in [6.07, 6.45) is 3.66. The number of imidazole rings is 1. The van der Waals surface area contributed by atoms with E-state index in [4.69, 9.17) is 9.47 Å². The van der Waals surface area contributed by atoms with Crippen LogP contribution in [0.5, 0.6) is 11.6 Å². The van der Waals surface area contributed by atoms with Gasteiger partial charge in [-0.25, -0.2) is 9.67 Å². The van der Waals surface area contributed by atoms with Gasteiger partial charge in [0, 0.05) is 24.0 Å². The van der Waals surface area contributed by atoms with Crippen LogP contribution < -0.4 is 20.3 Å². The molecule has 0 aliphatic rings. The number of hydrogen-bond acceptors (Lipinski definition) is 6. The number of ether oxygens (including phenoxy) is 2. The molecule has 2 aromatic carbocycles. The fourth-order valence-corrected chi connectivity index (χ4v) is 3.35. The Balaban J connectivity index is 1.64. The molecular weight excluding hydrogens is 406 g/mol. The van der Waals surface area contributed by atoms with Crippen molar-refractivity contribution in [1.82, 2.24) is 19.3 Å². The van der Waals surface area contributed by atoms with Crippen LogP contribution in [0.2, 0.25) is 0 Å². The van der Waals surface area contributed by atoms with E-state index in [0.29, 0.717) is 30.5 Å². The van der Waals surface area contributed by atoms with Gasteiger partial charge in [-0.15, -0.1) is 5.10 Å². The summed E-state index contributed by atoms with van der Waals surface area (Å²) in [5, 5.41) is 7.68. The summed E-state index contributed by atoms with van der Waals surface area (Å²) >= 11 is 0. The van der Waals surface area contributed by atoms with Gasteiger partial charge in [-0.2, -0.15) is 0 Å². The van der Waals surface area contributed by atoms with E-state index >= 15 is 0 Å². The smallest absolute Gasteiger partial charge is 0.269 e. The number of methoxy groups -OCH3 is 1. The average Bonchev–Trinajstić information content (AvgIpc) is 3.23. The summed E-state index contributed by atoms with van der Waals surface area (Å²) in [5.74, 6) is 1.02. The highest BCUT2D eigenvalue weighted by molar-refractivity contribution is 5.67. The number of nitrogens with one attached hydrogen (secondary N) is 1. The summed E-state index contributed by atoms with van der Waals surface area (Å²) < 4.78 is 14.6. The maximum absolute atomic E-state index is 12.7. The van der Waals surface area contributed by atoms with Gasteiger partial charge >= 0.3 is 0 Å². The van der Waals surface area contributed by atoms with Crippen LogP contribution in [0.3, 0.4) is 0 Å². The van der Waals surface area contributed by atoms with Crippen LogP contribution in [0, 0.1) is 6.92 Å². The molecule has 32 heavy (non-hydrogen) atoms. The van der Waals surface area contributed by atoms with Crippen molar-refractivity contribution < 1.29 is 9.47 Å². The standard InChI is InChI=1S/C24H25N5O3/c1-4-32-24-20(13-23(30)29(27-24)15-18-8-6-5-7-9-18)26-19-10-11-21(22(12-19)31-3)28-14-17(2)25-16-28/h5-14,16,26H,4,15H2,1-3H3. The number of hydrogen-bond donors (Lipinski definition) is 1. The molecule has 0 unspecified atom stereocenters. The van der Waals surface area contributed by atoms with Gasteiger partial charge in [-0.3, -0.25) is 4.79 Å². The van der Waals surface area contributed by atoms with Crippen molar-refractivity contribution in [1.29, 1.82) is 0 Å². The van der Waals surface area contributed by atoms with E-state index in [0.717, 1.165) is 22.6 Å². The van der Waals surface area contributed by atoms with Gasteiger partial charge in [0.15, 0.2) is 0 Å². The Hall–Kier alpha value is -4.07. The molecule has 0 saturated heterocycles. The third kappa shape index (κ3) is 4.64. The molecule has 2 heterocycles. The van der Waals surface area contributed by atoms with Gasteiger partial charge in [0.05, 0.1) is 38.0 Å². The summed E-state index contributed by atoms with van der Waals surface area (Å²) in [6, 6.07) is 16.9. The van der Waals surface area contributed by atoms with E-state index in [9.17, 15) is 4.79 Å². The second kappa shape index (κ2) is 9.38. The maximum Gasteiger partial charge on any atom is 0.269 e. The first-order chi connectivity index (χ1) is 15.6. The van der Waals surface area contributed by atoms with Gasteiger partial charge in [-0.05, 0) is 31.5 Å². The van der Waals surface area contributed by atoms with E-state index in [1.165, 1.54) is 10.7 Å². The van der Waals surface area contributed by atoms with Crippen LogP contribution in [0.15, 0.2) is 71.9 Å². The summed E-state index contributed by atoms with van der Waals surface area (Å²) in [5.41, 5.74) is 3.77. The van der Waals surface area contributed by atoms with Crippen LogP contribution in [0.4, 0.5) is 11.4 Å². The van der Waals surface area contributed by atoms with Crippen LogP contribution >= 0.6 is 0 Å². The Bertz CT molecular complexity index is 1260. The molecule has 4 aromatic rings. The number of aryl methyl sites for hydroxylation is 1. The normalized spacial score (nSPS) is 10.7. The Morgan fingerprint density at radius 3 is 2.59 bits per heavy atom. The molecule has 2 aromatic heterocycles. The molecule has 0 saturated carbocycles. The van der Waals surface area contributed by atoms with Crippen LogP contribution in [-0.2, 0) is 6.54 Å². The van der Waals surface area contributed by atoms with Gasteiger partial charge in [0.2, 0.25) is 0 Å². The van der Waals surface area contributed by atoms with E-state index in [2.05, 4.69) is 15.4 Å². The third-order valence-corrected chi connectivity index (χ3v) is 4.87. The molecule has 4 rings (SSSR count). The third-order valence-electron chi connectivity index (χ3n) is 4.87. The Morgan fingerprint density at radius 1 is 1.09 bits per heavy atom. The van der Waals surface area contributed by atoms with Gasteiger partial charge < -0.3 is 19.4 Å². The lowest BCUT2D eigenvalue weighted by Gasteiger charge is -2.15. The summed E-state index contributed by atoms with van der Waals surface area (Å²) in [4.78, 5) is 17.0. The monoisotopic (exact) mass is 431 g/mol. The van der Waals surface area contributed by atoms with Crippen molar-refractivity contribution in [3.63, 3.8) is 0 Å². The lowest BCUT2D eigenvalue weighted by Crippen LogP contribution is -2.24. The molecule has 164 valence electrons. The van der Waals surface area contributed by atoms with Crippen LogP contribution in [-0.4, -0.2) is 33.0 Å². The zero-order valence-corrected chi connectivity index (χ0v) is 18.3. The fraction of sp³-hybridized carbons (Fsp3) is 0.208. The molecule has 8 nitrogen and oxygen atoms in total. The second-order valence-electron chi connectivity index (χ2n) is 7.21. The molecule has 0 radical (unpaired) electrons. The number of rotatable bonds is 8. The first-order valence-corrected chi connectivity index (χ1v) is 10.3. The first-order valence-electron chi connectivity index (χ1n) is 10.3. The van der Waals surface area contributed by atoms with Crippen molar-refractivity contribution in [2.45, 2.75) is 20.4 Å². The maximum atomic E-state index is 12.7. The lowest BCUT2D eigenvalue weighted by molar-refractivity contribution is 0.317. The summed E-state index contributed by atoms with van der Waals surface area (Å²) in [7, 11) is 1.62. The van der Waals surface area contributed by atoms with Crippen LogP contribution in [0.25, 0.3) is 5.69 Å². The topological polar surface area (TPSA) is 83.2 Å². The predicted octanol–water partition coefficient (Wildman–Crippen LogP) is 3.94. The number of benzene rings is 2. The minimum Gasteiger partial charge on any atom is -0.494 e. The Morgan fingerprint density at radius 2 is 1.91 bits per heavy atom. The molecule has 0 aliphatic heterocycles. The molecule has 0 bridgehead atoms. The zero-order valence-electron chi connectivity index (χ0n) is 18.3. The van der Waals surface area contributed by atoms with Crippen molar-refractivity contribution in [2.24, 2.45) is 0 Å². The van der Waals surface area contributed by atoms with Crippen LogP contribution in [0.1, 0.15) is 18.2 Å². The quantitative estimate of drug-likeness (QED) is 0.455. The highest BCUT2D eigenvalue weighted by Gasteiger charge is 2.13.